The molecule has 8 heteroatoms. The van der Waals surface area contributed by atoms with Crippen LogP contribution in [0.2, 0.25) is 0 Å². The van der Waals surface area contributed by atoms with E-state index in [2.05, 4.69) is 31.4 Å². The van der Waals surface area contributed by atoms with Crippen LogP contribution in [0.15, 0.2) is 30.3 Å². The monoisotopic (exact) mass is 478 g/mol. The highest BCUT2D eigenvalue weighted by atomic mass is 16.5. The third-order valence-electron chi connectivity index (χ3n) is 5.91. The van der Waals surface area contributed by atoms with Crippen LogP contribution in [0.4, 0.5) is 5.69 Å². The third kappa shape index (κ3) is 5.88. The van der Waals surface area contributed by atoms with E-state index in [-0.39, 0.29) is 41.8 Å². The molecule has 2 aromatic carbocycles. The van der Waals surface area contributed by atoms with Gasteiger partial charge in [0.1, 0.15) is 17.4 Å². The van der Waals surface area contributed by atoms with E-state index < -0.39 is 0 Å². The van der Waals surface area contributed by atoms with Crippen molar-refractivity contribution in [2.75, 3.05) is 32.1 Å². The largest absolute Gasteiger partial charge is 0.493 e. The average Bonchev–Trinajstić information content (AvgIpc) is 3.10. The summed E-state index contributed by atoms with van der Waals surface area (Å²) in [6.45, 7) is 10.5. The Labute approximate surface area is 206 Å². The van der Waals surface area contributed by atoms with Crippen molar-refractivity contribution >= 4 is 29.0 Å². The summed E-state index contributed by atoms with van der Waals surface area (Å²) in [7, 11) is 1.55. The van der Waals surface area contributed by atoms with Crippen molar-refractivity contribution in [1.82, 2.24) is 10.2 Å². The van der Waals surface area contributed by atoms with Crippen LogP contribution in [0.25, 0.3) is 0 Å². The second-order valence-electron chi connectivity index (χ2n) is 9.75. The van der Waals surface area contributed by atoms with Crippen molar-refractivity contribution in [3.05, 3.63) is 58.1 Å². The molecule has 35 heavy (non-hydrogen) atoms. The number of rotatable bonds is 9. The maximum atomic E-state index is 13.3. The number of anilines is 1. The number of nitrogens with one attached hydrogen (secondary N) is 3. The molecule has 0 atom stereocenters. The number of Topliss-reactive ketones (excluding diaryl/α,β-unsaturated/α-hetero) is 2. The van der Waals surface area contributed by atoms with Gasteiger partial charge in [0.25, 0.3) is 5.91 Å². The Kier molecular flexibility index (Phi) is 7.63. The Hall–Kier alpha value is -3.68. The van der Waals surface area contributed by atoms with Gasteiger partial charge in [0.15, 0.2) is 5.78 Å². The maximum absolute atomic E-state index is 13.3. The number of benzene rings is 2. The molecule has 1 aliphatic heterocycles. The van der Waals surface area contributed by atoms with E-state index in [1.807, 2.05) is 19.1 Å². The molecule has 2 aromatic rings. The summed E-state index contributed by atoms with van der Waals surface area (Å²) in [5.41, 5.74) is 3.85. The van der Waals surface area contributed by atoms with Crippen LogP contribution in [-0.4, -0.2) is 55.0 Å². The smallest absolute Gasteiger partial charge is 0.254 e. The lowest BCUT2D eigenvalue weighted by atomic mass is 9.85. The standard InChI is InChI=1S/C27H34N4O4/c1-7-35-24-10-18-14-31(25(28)21(18)12-22(24)26(34)29-6)15-23(33)17-8-19(27(3,4)5)11-20(9-17)30-13-16(2)32/h8-12,28,30H,7,13-15H2,1-6H3,(H,29,34). The first-order chi connectivity index (χ1) is 16.4. The van der Waals surface area contributed by atoms with Gasteiger partial charge >= 0.3 is 0 Å². The predicted molar refractivity (Wildman–Crippen MR) is 137 cm³/mol. The zero-order valence-corrected chi connectivity index (χ0v) is 21.3. The maximum Gasteiger partial charge on any atom is 0.254 e. The van der Waals surface area contributed by atoms with E-state index in [0.29, 0.717) is 41.3 Å². The van der Waals surface area contributed by atoms with E-state index in [0.717, 1.165) is 11.1 Å². The van der Waals surface area contributed by atoms with Crippen LogP contribution >= 0.6 is 0 Å². The van der Waals surface area contributed by atoms with Gasteiger partial charge in [-0.1, -0.05) is 20.8 Å². The van der Waals surface area contributed by atoms with E-state index in [1.54, 1.807) is 30.1 Å². The predicted octanol–water partition coefficient (Wildman–Crippen LogP) is 3.77. The fourth-order valence-corrected chi connectivity index (χ4v) is 3.97. The van der Waals surface area contributed by atoms with Crippen molar-refractivity contribution < 1.29 is 19.1 Å². The Morgan fingerprint density at radius 3 is 2.43 bits per heavy atom. The number of carbonyl (C=O) groups is 3. The van der Waals surface area contributed by atoms with Crippen LogP contribution < -0.4 is 15.4 Å². The summed E-state index contributed by atoms with van der Waals surface area (Å²) in [5, 5.41) is 14.4. The molecule has 3 rings (SSSR count). The van der Waals surface area contributed by atoms with Gasteiger partial charge in [-0.05, 0) is 60.7 Å². The van der Waals surface area contributed by atoms with Crippen LogP contribution in [0, 0.1) is 5.41 Å². The van der Waals surface area contributed by atoms with Gasteiger partial charge in [-0.3, -0.25) is 19.8 Å². The van der Waals surface area contributed by atoms with Gasteiger partial charge in [0.05, 0.1) is 25.3 Å². The fraction of sp³-hybridized carbons (Fsp3) is 0.407. The molecule has 1 heterocycles. The van der Waals surface area contributed by atoms with Crippen molar-refractivity contribution in [2.45, 2.75) is 46.6 Å². The topological polar surface area (TPSA) is 112 Å². The van der Waals surface area contributed by atoms with Crippen molar-refractivity contribution in [2.24, 2.45) is 0 Å². The number of ether oxygens (including phenoxy) is 1. The number of fused-ring (bicyclic) bond motifs is 1. The molecule has 0 bridgehead atoms. The summed E-state index contributed by atoms with van der Waals surface area (Å²) in [6, 6.07) is 9.04. The lowest BCUT2D eigenvalue weighted by Crippen LogP contribution is -2.30. The molecule has 0 fully saturated rings. The molecular formula is C27H34N4O4. The molecule has 186 valence electrons. The lowest BCUT2D eigenvalue weighted by Gasteiger charge is -2.22. The summed E-state index contributed by atoms with van der Waals surface area (Å²) in [4.78, 5) is 38.8. The normalized spacial score (nSPS) is 12.9. The lowest BCUT2D eigenvalue weighted by molar-refractivity contribution is -0.115. The van der Waals surface area contributed by atoms with Crippen LogP contribution in [0.5, 0.6) is 5.75 Å². The highest BCUT2D eigenvalue weighted by molar-refractivity contribution is 6.07. The van der Waals surface area contributed by atoms with E-state index >= 15 is 0 Å². The van der Waals surface area contributed by atoms with E-state index in [4.69, 9.17) is 10.1 Å². The van der Waals surface area contributed by atoms with Gasteiger partial charge in [0, 0.05) is 30.4 Å². The fourth-order valence-electron chi connectivity index (χ4n) is 3.97. The van der Waals surface area contributed by atoms with Crippen LogP contribution in [-0.2, 0) is 16.8 Å². The Morgan fingerprint density at radius 1 is 1.11 bits per heavy atom. The Balaban J connectivity index is 1.88. The summed E-state index contributed by atoms with van der Waals surface area (Å²) in [6.07, 6.45) is 0. The second-order valence-corrected chi connectivity index (χ2v) is 9.75. The van der Waals surface area contributed by atoms with E-state index in [1.165, 1.54) is 6.92 Å². The minimum absolute atomic E-state index is 0.00450. The van der Waals surface area contributed by atoms with Crippen LogP contribution in [0.1, 0.15) is 72.0 Å². The number of amidine groups is 1. The van der Waals surface area contributed by atoms with E-state index in [9.17, 15) is 14.4 Å². The first-order valence-electron chi connectivity index (χ1n) is 11.7. The third-order valence-corrected chi connectivity index (χ3v) is 5.91. The molecule has 0 saturated heterocycles. The summed E-state index contributed by atoms with van der Waals surface area (Å²) in [5.74, 6) is 0.248. The quantitative estimate of drug-likeness (QED) is 0.473. The molecule has 8 nitrogen and oxygen atoms in total. The Morgan fingerprint density at radius 2 is 1.83 bits per heavy atom. The second kappa shape index (κ2) is 10.3. The number of ketones is 2. The van der Waals surface area contributed by atoms with Crippen LogP contribution in [0.3, 0.4) is 0 Å². The number of carbonyl (C=O) groups excluding carboxylic acids is 3. The first kappa shape index (κ1) is 25.9. The van der Waals surface area contributed by atoms with Gasteiger partial charge in [-0.15, -0.1) is 0 Å². The van der Waals surface area contributed by atoms with Gasteiger partial charge < -0.3 is 20.3 Å². The molecule has 0 saturated carbocycles. The number of hydrogen-bond donors (Lipinski definition) is 3. The number of nitrogens with zero attached hydrogens (tertiary/aromatic N) is 1. The molecule has 1 amide bonds. The van der Waals surface area contributed by atoms with Gasteiger partial charge in [-0.2, -0.15) is 0 Å². The minimum atomic E-state index is -0.289. The summed E-state index contributed by atoms with van der Waals surface area (Å²) >= 11 is 0. The molecule has 1 aliphatic rings. The van der Waals surface area contributed by atoms with Gasteiger partial charge in [0.2, 0.25) is 0 Å². The molecule has 0 spiro atoms. The highest BCUT2D eigenvalue weighted by Crippen LogP contribution is 2.31. The Bertz CT molecular complexity index is 1180. The van der Waals surface area contributed by atoms with Gasteiger partial charge in [-0.25, -0.2) is 0 Å². The van der Waals surface area contributed by atoms with Crippen molar-refractivity contribution in [3.63, 3.8) is 0 Å². The molecule has 0 unspecified atom stereocenters. The molecule has 0 radical (unpaired) electrons. The zero-order chi connectivity index (χ0) is 25.9. The van der Waals surface area contributed by atoms with Crippen molar-refractivity contribution in [3.8, 4) is 5.75 Å². The first-order valence-corrected chi connectivity index (χ1v) is 11.7. The SMILES string of the molecule is CCOc1cc2c(cc1C(=O)NC)C(=N)N(CC(=O)c1cc(NCC(C)=O)cc(C(C)(C)C)c1)C2. The molecule has 3 N–H and O–H groups in total. The minimum Gasteiger partial charge on any atom is -0.493 e. The molecule has 0 aromatic heterocycles. The number of amides is 1. The van der Waals surface area contributed by atoms with Crippen molar-refractivity contribution in [1.29, 1.82) is 5.41 Å². The molecular weight excluding hydrogens is 444 g/mol. The molecule has 0 aliphatic carbocycles. The summed E-state index contributed by atoms with van der Waals surface area (Å²) < 4.78 is 5.66. The highest BCUT2D eigenvalue weighted by Gasteiger charge is 2.29. The average molecular weight is 479 g/mol. The zero-order valence-electron chi connectivity index (χ0n) is 21.3. The number of hydrogen-bond acceptors (Lipinski definition) is 6.